The molecule has 2 heterocycles. The molecule has 0 radical (unpaired) electrons. The summed E-state index contributed by atoms with van der Waals surface area (Å²) in [7, 11) is 0. The number of aldehydes is 1. The van der Waals surface area contributed by atoms with Gasteiger partial charge in [-0.25, -0.2) is 9.18 Å². The number of hydrogen-bond donors (Lipinski definition) is 1. The van der Waals surface area contributed by atoms with Crippen molar-refractivity contribution in [2.24, 2.45) is 0 Å². The van der Waals surface area contributed by atoms with Crippen molar-refractivity contribution in [3.63, 3.8) is 0 Å². The van der Waals surface area contributed by atoms with Gasteiger partial charge in [0.25, 0.3) is 0 Å². The minimum Gasteiger partial charge on any atom is -0.365 e. The monoisotopic (exact) mass is 263 g/mol. The smallest absolute Gasteiger partial charge is 0.317 e. The van der Waals surface area contributed by atoms with E-state index in [1.54, 1.807) is 11.0 Å². The third kappa shape index (κ3) is 1.93. The molecule has 1 N–H and O–H groups in total. The topological polar surface area (TPSA) is 52.7 Å². The predicted molar refractivity (Wildman–Crippen MR) is 67.9 cm³/mol. The van der Waals surface area contributed by atoms with Crippen LogP contribution in [0.1, 0.15) is 10.4 Å². The van der Waals surface area contributed by atoms with Crippen molar-refractivity contribution in [2.75, 3.05) is 31.1 Å². The minimum atomic E-state index is -0.393. The van der Waals surface area contributed by atoms with Crippen LogP contribution in [0.2, 0.25) is 0 Å². The average Bonchev–Trinajstić information content (AvgIpc) is 2.79. The van der Waals surface area contributed by atoms with Crippen molar-refractivity contribution >= 4 is 18.0 Å². The van der Waals surface area contributed by atoms with Gasteiger partial charge in [0.15, 0.2) is 6.29 Å². The standard InChI is InChI=1S/C13H14FN3O2/c14-11-3-1-2-9(8-18)12(11)16-4-5-17-10(7-16)6-15-13(17)19/h1-3,8,10H,4-7H2,(H,15,19). The van der Waals surface area contributed by atoms with Crippen LogP contribution in [0.3, 0.4) is 0 Å². The van der Waals surface area contributed by atoms with Crippen molar-refractivity contribution in [3.05, 3.63) is 29.6 Å². The lowest BCUT2D eigenvalue weighted by atomic mass is 10.1. The molecule has 0 saturated carbocycles. The molecule has 6 heteroatoms. The third-order valence-electron chi connectivity index (χ3n) is 3.69. The van der Waals surface area contributed by atoms with Gasteiger partial charge in [0.05, 0.1) is 11.7 Å². The maximum Gasteiger partial charge on any atom is 0.317 e. The largest absolute Gasteiger partial charge is 0.365 e. The van der Waals surface area contributed by atoms with Crippen LogP contribution in [0.25, 0.3) is 0 Å². The van der Waals surface area contributed by atoms with Gasteiger partial charge >= 0.3 is 6.03 Å². The average molecular weight is 263 g/mol. The fourth-order valence-corrected chi connectivity index (χ4v) is 2.77. The number of carbonyl (C=O) groups excluding carboxylic acids is 2. The number of halogens is 1. The molecule has 2 fully saturated rings. The molecule has 1 atom stereocenters. The van der Waals surface area contributed by atoms with Gasteiger partial charge < -0.3 is 15.1 Å². The van der Waals surface area contributed by atoms with Crippen molar-refractivity contribution in [1.29, 1.82) is 0 Å². The summed E-state index contributed by atoms with van der Waals surface area (Å²) in [4.78, 5) is 26.1. The van der Waals surface area contributed by atoms with Crippen LogP contribution in [0.5, 0.6) is 0 Å². The summed E-state index contributed by atoms with van der Waals surface area (Å²) in [6.07, 6.45) is 0.669. The van der Waals surface area contributed by atoms with Crippen LogP contribution in [0.15, 0.2) is 18.2 Å². The Bertz CT molecular complexity index is 535. The van der Waals surface area contributed by atoms with E-state index >= 15 is 0 Å². The number of nitrogens with one attached hydrogen (secondary N) is 1. The molecular weight excluding hydrogens is 249 g/mol. The molecule has 5 nitrogen and oxygen atoms in total. The van der Waals surface area contributed by atoms with Crippen LogP contribution < -0.4 is 10.2 Å². The molecule has 0 aromatic heterocycles. The molecular formula is C13H14FN3O2. The fourth-order valence-electron chi connectivity index (χ4n) is 2.77. The zero-order chi connectivity index (χ0) is 13.4. The van der Waals surface area contributed by atoms with E-state index in [9.17, 15) is 14.0 Å². The quantitative estimate of drug-likeness (QED) is 0.805. The maximum absolute atomic E-state index is 13.9. The van der Waals surface area contributed by atoms with Crippen molar-refractivity contribution < 1.29 is 14.0 Å². The van der Waals surface area contributed by atoms with Gasteiger partial charge in [-0.1, -0.05) is 6.07 Å². The second-order valence-corrected chi connectivity index (χ2v) is 4.77. The number of amides is 2. The highest BCUT2D eigenvalue weighted by molar-refractivity contribution is 5.85. The number of hydrogen-bond acceptors (Lipinski definition) is 3. The van der Waals surface area contributed by atoms with E-state index in [4.69, 9.17) is 0 Å². The molecule has 2 amide bonds. The molecule has 1 aromatic rings. The number of piperazine rings is 1. The Hall–Kier alpha value is -2.11. The van der Waals surface area contributed by atoms with E-state index in [-0.39, 0.29) is 12.1 Å². The first-order valence-electron chi connectivity index (χ1n) is 6.24. The van der Waals surface area contributed by atoms with Crippen molar-refractivity contribution in [1.82, 2.24) is 10.2 Å². The Morgan fingerprint density at radius 1 is 1.37 bits per heavy atom. The number of benzene rings is 1. The lowest BCUT2D eigenvalue weighted by Crippen LogP contribution is -2.52. The van der Waals surface area contributed by atoms with Gasteiger partial charge in [-0.15, -0.1) is 0 Å². The molecule has 1 aromatic carbocycles. The van der Waals surface area contributed by atoms with Crippen molar-refractivity contribution in [2.45, 2.75) is 6.04 Å². The molecule has 1 unspecified atom stereocenters. The number of para-hydroxylation sites is 1. The number of urea groups is 1. The van der Waals surface area contributed by atoms with Crippen molar-refractivity contribution in [3.8, 4) is 0 Å². The first-order valence-corrected chi connectivity index (χ1v) is 6.24. The molecule has 19 heavy (non-hydrogen) atoms. The molecule has 2 saturated heterocycles. The van der Waals surface area contributed by atoms with Gasteiger partial charge in [-0.2, -0.15) is 0 Å². The predicted octanol–water partition coefficient (Wildman–Crippen LogP) is 0.852. The maximum atomic E-state index is 13.9. The zero-order valence-electron chi connectivity index (χ0n) is 10.3. The Balaban J connectivity index is 1.88. The van der Waals surface area contributed by atoms with Crippen LogP contribution >= 0.6 is 0 Å². The number of anilines is 1. The van der Waals surface area contributed by atoms with Gasteiger partial charge in [-0.05, 0) is 12.1 Å². The van der Waals surface area contributed by atoms with Gasteiger partial charge in [0.2, 0.25) is 0 Å². The lowest BCUT2D eigenvalue weighted by molar-refractivity contribution is 0.112. The minimum absolute atomic E-state index is 0.0420. The first-order chi connectivity index (χ1) is 9.20. The molecule has 0 aliphatic carbocycles. The molecule has 0 spiro atoms. The number of fused-ring (bicyclic) bond motifs is 1. The van der Waals surface area contributed by atoms with E-state index in [0.717, 1.165) is 0 Å². The summed E-state index contributed by atoms with van der Waals surface area (Å²) < 4.78 is 13.9. The summed E-state index contributed by atoms with van der Waals surface area (Å²) in [6.45, 7) is 2.19. The van der Waals surface area contributed by atoms with Gasteiger partial charge in [0, 0.05) is 31.7 Å². The van der Waals surface area contributed by atoms with Crippen LogP contribution in [0, 0.1) is 5.82 Å². The number of nitrogens with zero attached hydrogens (tertiary/aromatic N) is 2. The van der Waals surface area contributed by atoms with Crippen LogP contribution in [0.4, 0.5) is 14.9 Å². The summed E-state index contributed by atoms with van der Waals surface area (Å²) >= 11 is 0. The molecule has 3 rings (SSSR count). The highest BCUT2D eigenvalue weighted by Crippen LogP contribution is 2.26. The second-order valence-electron chi connectivity index (χ2n) is 4.77. The van der Waals surface area contributed by atoms with Gasteiger partial charge in [-0.3, -0.25) is 4.79 Å². The summed E-state index contributed by atoms with van der Waals surface area (Å²) in [5.74, 6) is -0.393. The van der Waals surface area contributed by atoms with E-state index < -0.39 is 5.82 Å². The molecule has 2 aliphatic heterocycles. The summed E-state index contributed by atoms with van der Waals surface area (Å²) in [6, 6.07) is 4.47. The Labute approximate surface area is 110 Å². The number of carbonyl (C=O) groups is 2. The zero-order valence-corrected chi connectivity index (χ0v) is 10.3. The Kier molecular flexibility index (Phi) is 2.85. The van der Waals surface area contributed by atoms with Gasteiger partial charge in [0.1, 0.15) is 5.82 Å². The normalized spacial score (nSPS) is 22.2. The highest BCUT2D eigenvalue weighted by atomic mass is 19.1. The van der Waals surface area contributed by atoms with Crippen LogP contribution in [-0.4, -0.2) is 49.4 Å². The third-order valence-corrected chi connectivity index (χ3v) is 3.69. The summed E-state index contributed by atoms with van der Waals surface area (Å²) in [5.41, 5.74) is 0.697. The Morgan fingerprint density at radius 2 is 2.21 bits per heavy atom. The van der Waals surface area contributed by atoms with E-state index in [1.807, 2.05) is 4.90 Å². The van der Waals surface area contributed by atoms with E-state index in [2.05, 4.69) is 5.32 Å². The lowest BCUT2D eigenvalue weighted by Gasteiger charge is -2.38. The van der Waals surface area contributed by atoms with E-state index in [1.165, 1.54) is 12.1 Å². The SMILES string of the molecule is O=Cc1cccc(F)c1N1CCN2C(=O)NCC2C1. The summed E-state index contributed by atoms with van der Waals surface area (Å²) in [5, 5.41) is 2.77. The van der Waals surface area contributed by atoms with Crippen LogP contribution in [-0.2, 0) is 0 Å². The molecule has 2 aliphatic rings. The Morgan fingerprint density at radius 3 is 3.00 bits per heavy atom. The molecule has 0 bridgehead atoms. The highest BCUT2D eigenvalue weighted by Gasteiger charge is 2.36. The molecule has 100 valence electrons. The second kappa shape index (κ2) is 4.53. The number of rotatable bonds is 2. The van der Waals surface area contributed by atoms with E-state index in [0.29, 0.717) is 43.7 Å². The first kappa shape index (κ1) is 12.0. The fraction of sp³-hybridized carbons (Fsp3) is 0.385.